The van der Waals surface area contributed by atoms with Gasteiger partial charge in [-0.05, 0) is 31.7 Å². The Balaban J connectivity index is 1.88. The smallest absolute Gasteiger partial charge is 0.252 e. The summed E-state index contributed by atoms with van der Waals surface area (Å²) in [6, 6.07) is 1.63. The predicted molar refractivity (Wildman–Crippen MR) is 78.7 cm³/mol. The molecule has 0 aliphatic carbocycles. The highest BCUT2D eigenvalue weighted by Crippen LogP contribution is 2.15. The standard InChI is InChI=1S/C16H20N2O3/c19-10-3-4-13-12-17-8-7-15(13)16(20)18-9-6-14-5-1-2-11-21-14/h7-8,12,14,19H,1-2,5-6,9-11H2,(H,18,20). The number of carbonyl (C=O) groups excluding carboxylic acids is 1. The van der Waals surface area contributed by atoms with Gasteiger partial charge < -0.3 is 15.2 Å². The van der Waals surface area contributed by atoms with Crippen molar-refractivity contribution in [3.05, 3.63) is 29.6 Å². The van der Waals surface area contributed by atoms with E-state index in [9.17, 15) is 4.79 Å². The molecule has 1 atom stereocenters. The van der Waals surface area contributed by atoms with Gasteiger partial charge in [0.2, 0.25) is 0 Å². The first kappa shape index (κ1) is 15.5. The van der Waals surface area contributed by atoms with E-state index in [1.165, 1.54) is 12.6 Å². The van der Waals surface area contributed by atoms with Crippen molar-refractivity contribution >= 4 is 5.91 Å². The van der Waals surface area contributed by atoms with Crippen LogP contribution in [-0.2, 0) is 4.74 Å². The number of aromatic nitrogens is 1. The largest absolute Gasteiger partial charge is 0.384 e. The van der Waals surface area contributed by atoms with Gasteiger partial charge in [0.1, 0.15) is 6.61 Å². The Hall–Kier alpha value is -1.90. The second kappa shape index (κ2) is 8.40. The van der Waals surface area contributed by atoms with Crippen LogP contribution in [0.2, 0.25) is 0 Å². The van der Waals surface area contributed by atoms with Gasteiger partial charge in [0.25, 0.3) is 5.91 Å². The number of carbonyl (C=O) groups is 1. The van der Waals surface area contributed by atoms with Crippen molar-refractivity contribution < 1.29 is 14.6 Å². The predicted octanol–water partition coefficient (Wildman–Crippen LogP) is 1.11. The average molecular weight is 288 g/mol. The molecule has 0 radical (unpaired) electrons. The van der Waals surface area contributed by atoms with Gasteiger partial charge in [0.05, 0.1) is 17.2 Å². The number of hydrogen-bond acceptors (Lipinski definition) is 4. The third-order valence-electron chi connectivity index (χ3n) is 3.39. The van der Waals surface area contributed by atoms with Crippen LogP contribution in [0.25, 0.3) is 0 Å². The van der Waals surface area contributed by atoms with Crippen LogP contribution in [0, 0.1) is 11.8 Å². The minimum atomic E-state index is -0.241. The number of ether oxygens (including phenoxy) is 1. The van der Waals surface area contributed by atoms with Crippen LogP contribution < -0.4 is 5.32 Å². The van der Waals surface area contributed by atoms with E-state index in [2.05, 4.69) is 22.1 Å². The summed E-state index contributed by atoms with van der Waals surface area (Å²) in [5.74, 6) is 5.10. The maximum atomic E-state index is 12.2. The number of nitrogens with one attached hydrogen (secondary N) is 1. The molecule has 1 aliphatic heterocycles. The zero-order chi connectivity index (χ0) is 14.9. The molecule has 0 spiro atoms. The summed E-state index contributed by atoms with van der Waals surface area (Å²) in [6.45, 7) is 1.16. The van der Waals surface area contributed by atoms with Gasteiger partial charge >= 0.3 is 0 Å². The lowest BCUT2D eigenvalue weighted by atomic mass is 10.1. The maximum absolute atomic E-state index is 12.2. The molecule has 2 N–H and O–H groups in total. The first-order chi connectivity index (χ1) is 10.3. The van der Waals surface area contributed by atoms with Crippen LogP contribution in [0.4, 0.5) is 0 Å². The van der Waals surface area contributed by atoms with Crippen molar-refractivity contribution in [3.8, 4) is 11.8 Å². The van der Waals surface area contributed by atoms with Crippen LogP contribution in [0.3, 0.4) is 0 Å². The molecule has 5 heteroatoms. The molecule has 1 saturated heterocycles. The molecule has 0 bridgehead atoms. The summed E-state index contributed by atoms with van der Waals surface area (Å²) in [5, 5.41) is 11.6. The fraction of sp³-hybridized carbons (Fsp3) is 0.500. The Bertz CT molecular complexity index is 528. The number of pyridine rings is 1. The number of aliphatic hydroxyl groups excluding tert-OH is 1. The second-order valence-corrected chi connectivity index (χ2v) is 4.91. The zero-order valence-corrected chi connectivity index (χ0v) is 12.0. The van der Waals surface area contributed by atoms with Gasteiger partial charge in [-0.2, -0.15) is 0 Å². The Kier molecular flexibility index (Phi) is 6.20. The Morgan fingerprint density at radius 2 is 2.43 bits per heavy atom. The third kappa shape index (κ3) is 4.85. The van der Waals surface area contributed by atoms with E-state index in [0.29, 0.717) is 17.7 Å². The van der Waals surface area contributed by atoms with Gasteiger partial charge in [-0.25, -0.2) is 0 Å². The van der Waals surface area contributed by atoms with Crippen LogP contribution in [0.5, 0.6) is 0 Å². The van der Waals surface area contributed by atoms with E-state index in [1.54, 1.807) is 12.3 Å². The SMILES string of the molecule is O=C(NCCC1CCCCO1)c1ccncc1C#CCO. The summed E-state index contributed by atoms with van der Waals surface area (Å²) in [4.78, 5) is 16.1. The average Bonchev–Trinajstić information content (AvgIpc) is 2.54. The summed E-state index contributed by atoms with van der Waals surface area (Å²) < 4.78 is 5.63. The molecule has 2 rings (SSSR count). The fourth-order valence-electron chi connectivity index (χ4n) is 2.30. The number of amides is 1. The normalized spacial score (nSPS) is 17.7. The summed E-state index contributed by atoms with van der Waals surface area (Å²) in [7, 11) is 0. The molecule has 1 aromatic heterocycles. The minimum Gasteiger partial charge on any atom is -0.384 e. The molecule has 1 fully saturated rings. The highest BCUT2D eigenvalue weighted by Gasteiger charge is 2.15. The van der Waals surface area contributed by atoms with Gasteiger partial charge in [0, 0.05) is 25.5 Å². The van der Waals surface area contributed by atoms with Crippen molar-refractivity contribution in [3.63, 3.8) is 0 Å². The second-order valence-electron chi connectivity index (χ2n) is 4.91. The summed E-state index contributed by atoms with van der Waals surface area (Å²) >= 11 is 0. The van der Waals surface area contributed by atoms with E-state index in [-0.39, 0.29) is 18.6 Å². The van der Waals surface area contributed by atoms with Gasteiger partial charge in [-0.1, -0.05) is 11.8 Å². The van der Waals surface area contributed by atoms with Crippen molar-refractivity contribution in [1.82, 2.24) is 10.3 Å². The van der Waals surface area contributed by atoms with Crippen molar-refractivity contribution in [2.75, 3.05) is 19.8 Å². The van der Waals surface area contributed by atoms with Crippen molar-refractivity contribution in [2.24, 2.45) is 0 Å². The Morgan fingerprint density at radius 3 is 3.19 bits per heavy atom. The molecule has 2 heterocycles. The Labute approximate surface area is 124 Å². The van der Waals surface area contributed by atoms with E-state index < -0.39 is 0 Å². The monoisotopic (exact) mass is 288 g/mol. The van der Waals surface area contributed by atoms with E-state index in [4.69, 9.17) is 9.84 Å². The van der Waals surface area contributed by atoms with Crippen LogP contribution in [-0.4, -0.2) is 41.9 Å². The van der Waals surface area contributed by atoms with E-state index in [0.717, 1.165) is 25.9 Å². The minimum absolute atomic E-state index is 0.171. The van der Waals surface area contributed by atoms with Gasteiger partial charge in [-0.3, -0.25) is 9.78 Å². The van der Waals surface area contributed by atoms with Crippen molar-refractivity contribution in [2.45, 2.75) is 31.8 Å². The topological polar surface area (TPSA) is 71.5 Å². The molecule has 112 valence electrons. The number of rotatable bonds is 4. The first-order valence-electron chi connectivity index (χ1n) is 7.25. The lowest BCUT2D eigenvalue weighted by Crippen LogP contribution is -2.29. The third-order valence-corrected chi connectivity index (χ3v) is 3.39. The van der Waals surface area contributed by atoms with E-state index >= 15 is 0 Å². The lowest BCUT2D eigenvalue weighted by molar-refractivity contribution is 0.0117. The van der Waals surface area contributed by atoms with Crippen LogP contribution >= 0.6 is 0 Å². The molecular weight excluding hydrogens is 268 g/mol. The molecule has 0 aromatic carbocycles. The lowest BCUT2D eigenvalue weighted by Gasteiger charge is -2.22. The number of nitrogens with zero attached hydrogens (tertiary/aromatic N) is 1. The zero-order valence-electron chi connectivity index (χ0n) is 12.0. The quantitative estimate of drug-likeness (QED) is 0.814. The van der Waals surface area contributed by atoms with Crippen LogP contribution in [0.1, 0.15) is 41.6 Å². The molecule has 1 aromatic rings. The Morgan fingerprint density at radius 1 is 1.52 bits per heavy atom. The highest BCUT2D eigenvalue weighted by atomic mass is 16.5. The van der Waals surface area contributed by atoms with Gasteiger partial charge in [-0.15, -0.1) is 0 Å². The highest BCUT2D eigenvalue weighted by molar-refractivity contribution is 5.96. The number of aliphatic hydroxyl groups is 1. The van der Waals surface area contributed by atoms with Crippen LogP contribution in [0.15, 0.2) is 18.5 Å². The summed E-state index contributed by atoms with van der Waals surface area (Å²) in [5.41, 5.74) is 1.01. The molecule has 1 aliphatic rings. The molecule has 0 saturated carbocycles. The number of hydrogen-bond donors (Lipinski definition) is 2. The molecule has 21 heavy (non-hydrogen) atoms. The molecule has 1 amide bonds. The molecule has 1 unspecified atom stereocenters. The first-order valence-corrected chi connectivity index (χ1v) is 7.25. The summed E-state index contributed by atoms with van der Waals surface area (Å²) in [6.07, 6.45) is 7.57. The van der Waals surface area contributed by atoms with Gasteiger partial charge in [0.15, 0.2) is 0 Å². The fourth-order valence-corrected chi connectivity index (χ4v) is 2.30. The molecule has 5 nitrogen and oxygen atoms in total. The maximum Gasteiger partial charge on any atom is 0.252 e. The van der Waals surface area contributed by atoms with E-state index in [1.807, 2.05) is 0 Å². The molecular formula is C16H20N2O3. The van der Waals surface area contributed by atoms with Crippen molar-refractivity contribution in [1.29, 1.82) is 0 Å².